The maximum absolute atomic E-state index is 10.1. The summed E-state index contributed by atoms with van der Waals surface area (Å²) in [4.78, 5) is 0. The van der Waals surface area contributed by atoms with Crippen molar-refractivity contribution in [1.82, 2.24) is 0 Å². The molecule has 0 aliphatic heterocycles. The second kappa shape index (κ2) is 4.18. The van der Waals surface area contributed by atoms with Gasteiger partial charge in [0.25, 0.3) is 0 Å². The first kappa shape index (κ1) is 12.2. The van der Waals surface area contributed by atoms with E-state index < -0.39 is 0 Å². The van der Waals surface area contributed by atoms with E-state index in [0.29, 0.717) is 5.41 Å². The molecule has 92 valence electrons. The van der Waals surface area contributed by atoms with Gasteiger partial charge in [-0.15, -0.1) is 0 Å². The van der Waals surface area contributed by atoms with Gasteiger partial charge in [0.1, 0.15) is 0 Å². The van der Waals surface area contributed by atoms with Crippen molar-refractivity contribution >= 4 is 0 Å². The summed E-state index contributed by atoms with van der Waals surface area (Å²) < 4.78 is 0. The van der Waals surface area contributed by atoms with Crippen molar-refractivity contribution in [1.29, 1.82) is 0 Å². The van der Waals surface area contributed by atoms with Crippen molar-refractivity contribution in [3.63, 3.8) is 0 Å². The third kappa shape index (κ3) is 2.34. The molecule has 1 N–H and O–H groups in total. The zero-order chi connectivity index (χ0) is 11.9. The van der Waals surface area contributed by atoms with Gasteiger partial charge >= 0.3 is 0 Å². The van der Waals surface area contributed by atoms with Gasteiger partial charge in [0.05, 0.1) is 6.10 Å². The number of hydrogen-bond acceptors (Lipinski definition) is 1. The molecule has 1 saturated carbocycles. The normalized spacial score (nSPS) is 39.2. The molecule has 0 unspecified atom stereocenters. The molecule has 0 amide bonds. The molecule has 0 saturated heterocycles. The lowest BCUT2D eigenvalue weighted by Crippen LogP contribution is -2.27. The van der Waals surface area contributed by atoms with Crippen LogP contribution < -0.4 is 0 Å². The predicted molar refractivity (Wildman–Crippen MR) is 68.2 cm³/mol. The SMILES string of the molecule is CC1=C2CC[C@@H](C)[C@H]2CC(C)(C)C[C@H](O)C1. The van der Waals surface area contributed by atoms with E-state index in [0.717, 1.165) is 24.7 Å². The molecule has 3 atom stereocenters. The molecule has 0 spiro atoms. The predicted octanol–water partition coefficient (Wildman–Crippen LogP) is 3.92. The minimum atomic E-state index is -0.126. The third-order valence-corrected chi connectivity index (χ3v) is 4.65. The number of aliphatic hydroxyl groups excluding tert-OH is 1. The maximum Gasteiger partial charge on any atom is 0.0582 e. The molecule has 0 heterocycles. The lowest BCUT2D eigenvalue weighted by atomic mass is 9.71. The van der Waals surface area contributed by atoms with E-state index in [-0.39, 0.29) is 6.10 Å². The van der Waals surface area contributed by atoms with Crippen molar-refractivity contribution in [3.8, 4) is 0 Å². The second-order valence-electron chi connectivity index (χ2n) is 6.86. The largest absolute Gasteiger partial charge is 0.393 e. The van der Waals surface area contributed by atoms with Crippen LogP contribution in [-0.2, 0) is 0 Å². The molecular formula is C15H26O. The first-order valence-electron chi connectivity index (χ1n) is 6.75. The van der Waals surface area contributed by atoms with E-state index in [4.69, 9.17) is 0 Å². The van der Waals surface area contributed by atoms with Crippen LogP contribution in [0.4, 0.5) is 0 Å². The Morgan fingerprint density at radius 1 is 1.25 bits per heavy atom. The Morgan fingerprint density at radius 3 is 2.62 bits per heavy atom. The second-order valence-corrected chi connectivity index (χ2v) is 6.86. The molecule has 16 heavy (non-hydrogen) atoms. The molecule has 2 rings (SSSR count). The standard InChI is InChI=1S/C15H26O/c1-10-5-6-13-11(2)7-12(16)8-15(3,4)9-14(10)13/h10,12,14,16H,5-9H2,1-4H3/t10-,12-,14-/m1/s1. The Labute approximate surface area is 99.9 Å². The van der Waals surface area contributed by atoms with E-state index in [2.05, 4.69) is 27.7 Å². The molecule has 2 aliphatic carbocycles. The molecule has 1 nitrogen and oxygen atoms in total. The number of allylic oxidation sites excluding steroid dienone is 1. The summed E-state index contributed by atoms with van der Waals surface area (Å²) in [5.41, 5.74) is 3.46. The fourth-order valence-corrected chi connectivity index (χ4v) is 3.84. The zero-order valence-electron chi connectivity index (χ0n) is 11.2. The number of fused-ring (bicyclic) bond motifs is 1. The topological polar surface area (TPSA) is 20.2 Å². The van der Waals surface area contributed by atoms with Crippen LogP contribution in [0, 0.1) is 17.3 Å². The average molecular weight is 222 g/mol. The Kier molecular flexibility index (Phi) is 3.18. The van der Waals surface area contributed by atoms with Crippen LogP contribution in [-0.4, -0.2) is 11.2 Å². The zero-order valence-corrected chi connectivity index (χ0v) is 11.2. The fourth-order valence-electron chi connectivity index (χ4n) is 3.84. The molecule has 2 aliphatic rings. The number of hydrogen-bond donors (Lipinski definition) is 1. The average Bonchev–Trinajstić information content (AvgIpc) is 2.44. The molecule has 0 aromatic rings. The minimum absolute atomic E-state index is 0.126. The van der Waals surface area contributed by atoms with Gasteiger partial charge in [-0.05, 0) is 56.3 Å². The van der Waals surface area contributed by atoms with Gasteiger partial charge in [-0.25, -0.2) is 0 Å². The molecular weight excluding hydrogens is 196 g/mol. The molecule has 1 fully saturated rings. The molecule has 0 bridgehead atoms. The van der Waals surface area contributed by atoms with Crippen molar-refractivity contribution in [2.24, 2.45) is 17.3 Å². The lowest BCUT2D eigenvalue weighted by Gasteiger charge is -2.35. The van der Waals surface area contributed by atoms with Crippen LogP contribution in [0.2, 0.25) is 0 Å². The maximum atomic E-state index is 10.1. The molecule has 0 aromatic heterocycles. The minimum Gasteiger partial charge on any atom is -0.393 e. The summed E-state index contributed by atoms with van der Waals surface area (Å²) in [5.74, 6) is 1.64. The van der Waals surface area contributed by atoms with Gasteiger partial charge < -0.3 is 5.11 Å². The van der Waals surface area contributed by atoms with Gasteiger partial charge in [0.15, 0.2) is 0 Å². The van der Waals surface area contributed by atoms with E-state index in [1.54, 1.807) is 5.57 Å². The van der Waals surface area contributed by atoms with Gasteiger partial charge in [-0.1, -0.05) is 31.9 Å². The van der Waals surface area contributed by atoms with Crippen molar-refractivity contribution in [3.05, 3.63) is 11.1 Å². The first-order chi connectivity index (χ1) is 7.39. The Bertz CT molecular complexity index is 301. The molecule has 1 heteroatoms. The van der Waals surface area contributed by atoms with Crippen molar-refractivity contribution < 1.29 is 5.11 Å². The van der Waals surface area contributed by atoms with Crippen LogP contribution in [0.1, 0.15) is 59.8 Å². The van der Waals surface area contributed by atoms with Crippen LogP contribution >= 0.6 is 0 Å². The van der Waals surface area contributed by atoms with Gasteiger partial charge in [0, 0.05) is 0 Å². The van der Waals surface area contributed by atoms with Gasteiger partial charge in [0.2, 0.25) is 0 Å². The van der Waals surface area contributed by atoms with Crippen molar-refractivity contribution in [2.45, 2.75) is 65.9 Å². The van der Waals surface area contributed by atoms with E-state index >= 15 is 0 Å². The summed E-state index contributed by atoms with van der Waals surface area (Å²) in [6.45, 7) is 9.28. The van der Waals surface area contributed by atoms with Crippen LogP contribution in [0.5, 0.6) is 0 Å². The summed E-state index contributed by atoms with van der Waals surface area (Å²) in [5, 5.41) is 10.1. The highest BCUT2D eigenvalue weighted by Crippen LogP contribution is 2.48. The Balaban J connectivity index is 2.31. The highest BCUT2D eigenvalue weighted by Gasteiger charge is 2.37. The lowest BCUT2D eigenvalue weighted by molar-refractivity contribution is 0.0936. The number of rotatable bonds is 0. The van der Waals surface area contributed by atoms with E-state index in [1.807, 2.05) is 0 Å². The number of aliphatic hydroxyl groups is 1. The summed E-state index contributed by atoms with van der Waals surface area (Å²) in [6.07, 6.45) is 5.63. The highest BCUT2D eigenvalue weighted by atomic mass is 16.3. The van der Waals surface area contributed by atoms with Gasteiger partial charge in [-0.3, -0.25) is 0 Å². The van der Waals surface area contributed by atoms with Crippen LogP contribution in [0.3, 0.4) is 0 Å². The Morgan fingerprint density at radius 2 is 1.94 bits per heavy atom. The smallest absolute Gasteiger partial charge is 0.0582 e. The summed E-state index contributed by atoms with van der Waals surface area (Å²) in [7, 11) is 0. The van der Waals surface area contributed by atoms with Crippen LogP contribution in [0.15, 0.2) is 11.1 Å². The monoisotopic (exact) mass is 222 g/mol. The highest BCUT2D eigenvalue weighted by molar-refractivity contribution is 5.22. The fraction of sp³-hybridized carbons (Fsp3) is 0.867. The van der Waals surface area contributed by atoms with Crippen molar-refractivity contribution in [2.75, 3.05) is 0 Å². The van der Waals surface area contributed by atoms with Crippen LogP contribution in [0.25, 0.3) is 0 Å². The van der Waals surface area contributed by atoms with E-state index in [1.165, 1.54) is 24.8 Å². The van der Waals surface area contributed by atoms with Gasteiger partial charge in [-0.2, -0.15) is 0 Å². The third-order valence-electron chi connectivity index (χ3n) is 4.65. The molecule has 0 aromatic carbocycles. The molecule has 0 radical (unpaired) electrons. The Hall–Kier alpha value is -0.300. The summed E-state index contributed by atoms with van der Waals surface area (Å²) in [6, 6.07) is 0. The van der Waals surface area contributed by atoms with E-state index in [9.17, 15) is 5.11 Å². The first-order valence-corrected chi connectivity index (χ1v) is 6.75. The summed E-state index contributed by atoms with van der Waals surface area (Å²) >= 11 is 0. The quantitative estimate of drug-likeness (QED) is 0.616.